The predicted molar refractivity (Wildman–Crippen MR) is 111 cm³/mol. The summed E-state index contributed by atoms with van der Waals surface area (Å²) in [5, 5.41) is 4.82. The van der Waals surface area contributed by atoms with Crippen LogP contribution in [-0.2, 0) is 16.4 Å². The topological polar surface area (TPSA) is 68.1 Å². The van der Waals surface area contributed by atoms with Gasteiger partial charge in [-0.1, -0.05) is 6.07 Å². The molecule has 0 amide bonds. The molecule has 0 bridgehead atoms. The van der Waals surface area contributed by atoms with Crippen molar-refractivity contribution in [3.8, 4) is 11.4 Å². The van der Waals surface area contributed by atoms with Crippen molar-refractivity contribution in [3.63, 3.8) is 0 Å². The maximum Gasteiger partial charge on any atom is 0.151 e. The summed E-state index contributed by atoms with van der Waals surface area (Å²) in [7, 11) is -2.74. The monoisotopic (exact) mass is 412 g/mol. The Morgan fingerprint density at radius 1 is 1.17 bits per heavy atom. The zero-order valence-electron chi connectivity index (χ0n) is 16.9. The Bertz CT molecular complexity index is 1020. The zero-order chi connectivity index (χ0) is 19.8. The molecular formula is C22H28N4O2S. The average molecular weight is 413 g/mol. The molecule has 6 nitrogen and oxygen atoms in total. The summed E-state index contributed by atoms with van der Waals surface area (Å²) in [6.45, 7) is 5.14. The Morgan fingerprint density at radius 2 is 1.97 bits per heavy atom. The number of aryl methyl sites for hydroxylation is 1. The lowest BCUT2D eigenvalue weighted by atomic mass is 9.91. The quantitative estimate of drug-likeness (QED) is 0.772. The van der Waals surface area contributed by atoms with Crippen molar-refractivity contribution in [2.45, 2.75) is 44.7 Å². The molecule has 0 aromatic carbocycles. The number of fused-ring (bicyclic) bond motifs is 1. The fraction of sp³-hybridized carbons (Fsp3) is 0.636. The maximum absolute atomic E-state index is 11.7. The number of aromatic nitrogens is 3. The van der Waals surface area contributed by atoms with Gasteiger partial charge < -0.3 is 0 Å². The number of likely N-dealkylation sites (tertiary alicyclic amines) is 1. The van der Waals surface area contributed by atoms with E-state index in [9.17, 15) is 8.42 Å². The summed E-state index contributed by atoms with van der Waals surface area (Å²) >= 11 is 0. The van der Waals surface area contributed by atoms with Crippen LogP contribution in [0.3, 0.4) is 0 Å². The summed E-state index contributed by atoms with van der Waals surface area (Å²) in [5.74, 6) is 3.01. The molecule has 2 aromatic heterocycles. The molecule has 4 aliphatic rings. The Morgan fingerprint density at radius 3 is 2.62 bits per heavy atom. The number of pyridine rings is 1. The Hall–Kier alpha value is -1.73. The largest absolute Gasteiger partial charge is 0.300 e. The van der Waals surface area contributed by atoms with Crippen LogP contribution >= 0.6 is 0 Å². The van der Waals surface area contributed by atoms with Crippen molar-refractivity contribution in [2.75, 3.05) is 24.6 Å². The predicted octanol–water partition coefficient (Wildman–Crippen LogP) is 2.58. The highest BCUT2D eigenvalue weighted by Gasteiger charge is 2.60. The van der Waals surface area contributed by atoms with E-state index in [-0.39, 0.29) is 5.41 Å². The molecule has 2 aromatic rings. The minimum Gasteiger partial charge on any atom is -0.300 e. The van der Waals surface area contributed by atoms with Crippen molar-refractivity contribution >= 4 is 9.84 Å². The summed E-state index contributed by atoms with van der Waals surface area (Å²) in [6, 6.07) is 8.89. The SMILES string of the molecule is CCn1nc(-c2ccccn2)cc1[C@H]1[C@@H]2C[C@H](N3CCC4(C3)CS(=O)(=O)C4)C[C@@H]21. The van der Waals surface area contributed by atoms with Gasteiger partial charge in [0.2, 0.25) is 0 Å². The van der Waals surface area contributed by atoms with Crippen LogP contribution in [0.5, 0.6) is 0 Å². The van der Waals surface area contributed by atoms with Crippen molar-refractivity contribution in [1.82, 2.24) is 19.7 Å². The second-order valence-electron chi connectivity index (χ2n) is 9.72. The summed E-state index contributed by atoms with van der Waals surface area (Å²) in [4.78, 5) is 7.07. The van der Waals surface area contributed by atoms with E-state index in [0.717, 1.165) is 49.3 Å². The number of hydrogen-bond donors (Lipinski definition) is 0. The fourth-order valence-corrected chi connectivity index (χ4v) is 8.80. The van der Waals surface area contributed by atoms with Crippen LogP contribution in [0, 0.1) is 17.3 Å². The van der Waals surface area contributed by atoms with E-state index in [1.54, 1.807) is 0 Å². The van der Waals surface area contributed by atoms with Gasteiger partial charge in [-0.15, -0.1) is 0 Å². The van der Waals surface area contributed by atoms with Crippen LogP contribution in [0.1, 0.15) is 37.8 Å². The summed E-state index contributed by atoms with van der Waals surface area (Å²) in [5.41, 5.74) is 3.40. The molecule has 2 aliphatic carbocycles. The minimum atomic E-state index is -2.74. The molecule has 4 fully saturated rings. The first-order valence-corrected chi connectivity index (χ1v) is 12.7. The highest BCUT2D eigenvalue weighted by Crippen LogP contribution is 2.64. The van der Waals surface area contributed by atoms with Crippen molar-refractivity contribution in [2.24, 2.45) is 17.3 Å². The van der Waals surface area contributed by atoms with E-state index in [2.05, 4.69) is 27.6 Å². The second kappa shape index (κ2) is 6.14. The zero-order valence-corrected chi connectivity index (χ0v) is 17.7. The standard InChI is InChI=1S/C22H28N4O2S/c1-2-26-20(11-19(24-26)18-5-3-4-7-23-18)21-16-9-15(10-17(16)21)25-8-6-22(12-25)13-29(27,28)14-22/h3-5,7,11,15-17,21H,2,6,8-10,12-14H2,1H3/t15-,16+,17-,21-. The molecule has 0 radical (unpaired) electrons. The van der Waals surface area contributed by atoms with Crippen molar-refractivity contribution < 1.29 is 8.42 Å². The van der Waals surface area contributed by atoms with E-state index in [4.69, 9.17) is 5.10 Å². The molecule has 0 N–H and O–H groups in total. The molecule has 7 heteroatoms. The highest BCUT2D eigenvalue weighted by atomic mass is 32.2. The second-order valence-corrected chi connectivity index (χ2v) is 11.8. The van der Waals surface area contributed by atoms with Gasteiger partial charge in [-0.3, -0.25) is 14.6 Å². The lowest BCUT2D eigenvalue weighted by molar-refractivity contribution is 0.201. The van der Waals surface area contributed by atoms with E-state index in [1.807, 2.05) is 24.4 Å². The first-order valence-electron chi connectivity index (χ1n) is 10.9. The van der Waals surface area contributed by atoms with Crippen LogP contribution in [0.4, 0.5) is 0 Å². The maximum atomic E-state index is 11.7. The number of sulfone groups is 1. The van der Waals surface area contributed by atoms with Gasteiger partial charge in [0.1, 0.15) is 5.69 Å². The average Bonchev–Trinajstić information content (AvgIpc) is 3.13. The van der Waals surface area contributed by atoms with Gasteiger partial charge in [0.25, 0.3) is 0 Å². The van der Waals surface area contributed by atoms with Gasteiger partial charge in [0.15, 0.2) is 9.84 Å². The molecule has 4 atom stereocenters. The van der Waals surface area contributed by atoms with Gasteiger partial charge in [-0.2, -0.15) is 5.10 Å². The molecule has 1 spiro atoms. The molecule has 2 aliphatic heterocycles. The van der Waals surface area contributed by atoms with E-state index < -0.39 is 9.84 Å². The third-order valence-electron chi connectivity index (χ3n) is 7.84. The smallest absolute Gasteiger partial charge is 0.151 e. The number of rotatable bonds is 4. The minimum absolute atomic E-state index is 0.0867. The van der Waals surface area contributed by atoms with Gasteiger partial charge in [0, 0.05) is 42.4 Å². The lowest BCUT2D eigenvalue weighted by Gasteiger charge is -2.38. The normalized spacial score (nSPS) is 34.2. The molecule has 4 heterocycles. The van der Waals surface area contributed by atoms with Crippen LogP contribution in [0.2, 0.25) is 0 Å². The number of nitrogens with zero attached hydrogens (tertiary/aromatic N) is 4. The summed E-state index contributed by atoms with van der Waals surface area (Å²) < 4.78 is 25.5. The van der Waals surface area contributed by atoms with Crippen LogP contribution in [0.25, 0.3) is 11.4 Å². The third kappa shape index (κ3) is 2.88. The molecule has 6 rings (SSSR count). The Labute approximate surface area is 172 Å². The van der Waals surface area contributed by atoms with E-state index in [0.29, 0.717) is 23.5 Å². The summed E-state index contributed by atoms with van der Waals surface area (Å²) in [6.07, 6.45) is 5.40. The Kier molecular flexibility index (Phi) is 3.83. The van der Waals surface area contributed by atoms with Gasteiger partial charge >= 0.3 is 0 Å². The van der Waals surface area contributed by atoms with Crippen LogP contribution in [-0.4, -0.2) is 58.7 Å². The fourth-order valence-electron chi connectivity index (χ4n) is 6.55. The van der Waals surface area contributed by atoms with Crippen molar-refractivity contribution in [3.05, 3.63) is 36.2 Å². The van der Waals surface area contributed by atoms with Crippen LogP contribution < -0.4 is 0 Å². The lowest BCUT2D eigenvalue weighted by Crippen LogP contribution is -2.50. The molecule has 0 unspecified atom stereocenters. The number of hydrogen-bond acceptors (Lipinski definition) is 5. The van der Waals surface area contributed by atoms with Crippen LogP contribution in [0.15, 0.2) is 30.5 Å². The highest BCUT2D eigenvalue weighted by molar-refractivity contribution is 7.92. The van der Waals surface area contributed by atoms with E-state index in [1.165, 1.54) is 18.5 Å². The van der Waals surface area contributed by atoms with Crippen molar-refractivity contribution in [1.29, 1.82) is 0 Å². The van der Waals surface area contributed by atoms with Gasteiger partial charge in [0.05, 0.1) is 17.2 Å². The molecular weight excluding hydrogens is 384 g/mol. The molecule has 2 saturated carbocycles. The first-order chi connectivity index (χ1) is 14.0. The van der Waals surface area contributed by atoms with Gasteiger partial charge in [-0.05, 0) is 62.8 Å². The molecule has 2 saturated heterocycles. The Balaban J connectivity index is 1.14. The van der Waals surface area contributed by atoms with Gasteiger partial charge in [-0.25, -0.2) is 8.42 Å². The molecule has 29 heavy (non-hydrogen) atoms. The first kappa shape index (κ1) is 18.1. The van der Waals surface area contributed by atoms with E-state index >= 15 is 0 Å². The third-order valence-corrected chi connectivity index (χ3v) is 9.94. The molecule has 154 valence electrons.